The number of nitrogens with one attached hydrogen (secondary N) is 2. The fraction of sp³-hybridized carbons (Fsp3) is 0.562. The Morgan fingerprint density at radius 1 is 1.27 bits per heavy atom. The fourth-order valence-corrected chi connectivity index (χ4v) is 2.57. The first-order valence-electron chi connectivity index (χ1n) is 7.53. The van der Waals surface area contributed by atoms with Crippen molar-refractivity contribution in [3.63, 3.8) is 0 Å². The van der Waals surface area contributed by atoms with Gasteiger partial charge in [-0.15, -0.1) is 0 Å². The Morgan fingerprint density at radius 2 is 1.86 bits per heavy atom. The maximum Gasteiger partial charge on any atom is 0.223 e. The zero-order chi connectivity index (χ0) is 15.9. The average molecular weight is 308 g/mol. The monoisotopic (exact) mass is 308 g/mol. The lowest BCUT2D eigenvalue weighted by Gasteiger charge is -2.22. The Balaban J connectivity index is 1.93. The third kappa shape index (κ3) is 4.35. The van der Waals surface area contributed by atoms with E-state index in [1.807, 2.05) is 0 Å². The van der Waals surface area contributed by atoms with E-state index in [1.165, 1.54) is 0 Å². The van der Waals surface area contributed by atoms with Gasteiger partial charge >= 0.3 is 0 Å². The standard InChI is InChI=1S/C16H24N2O4/c1-21-13-7-12(8-14(9-13)22-2)15(19)10-18-16(20)11-3-5-17-6-4-11/h7-9,11,15,17,19H,3-6,10H2,1-2H3,(H,18,20). The Labute approximate surface area is 130 Å². The van der Waals surface area contributed by atoms with Crippen molar-refractivity contribution in [3.8, 4) is 11.5 Å². The van der Waals surface area contributed by atoms with Crippen LogP contribution >= 0.6 is 0 Å². The third-order valence-electron chi connectivity index (χ3n) is 3.94. The van der Waals surface area contributed by atoms with E-state index in [4.69, 9.17) is 9.47 Å². The van der Waals surface area contributed by atoms with Crippen molar-refractivity contribution in [2.24, 2.45) is 5.92 Å². The maximum atomic E-state index is 12.1. The van der Waals surface area contributed by atoms with Crippen molar-refractivity contribution < 1.29 is 19.4 Å². The molecular weight excluding hydrogens is 284 g/mol. The van der Waals surface area contributed by atoms with Gasteiger partial charge in [0.05, 0.1) is 20.3 Å². The molecule has 122 valence electrons. The van der Waals surface area contributed by atoms with Crippen LogP contribution in [0.3, 0.4) is 0 Å². The van der Waals surface area contributed by atoms with Crippen molar-refractivity contribution in [2.45, 2.75) is 18.9 Å². The first kappa shape index (κ1) is 16.6. The van der Waals surface area contributed by atoms with E-state index in [0.717, 1.165) is 25.9 Å². The molecule has 0 bridgehead atoms. The SMILES string of the molecule is COc1cc(OC)cc(C(O)CNC(=O)C2CCNCC2)c1. The number of piperidine rings is 1. The van der Waals surface area contributed by atoms with Crippen LogP contribution in [0.4, 0.5) is 0 Å². The molecule has 1 amide bonds. The zero-order valence-electron chi connectivity index (χ0n) is 13.1. The van der Waals surface area contributed by atoms with Crippen LogP contribution in [-0.4, -0.2) is 44.9 Å². The summed E-state index contributed by atoms with van der Waals surface area (Å²) < 4.78 is 10.4. The van der Waals surface area contributed by atoms with Crippen molar-refractivity contribution in [1.29, 1.82) is 0 Å². The molecule has 1 atom stereocenters. The van der Waals surface area contributed by atoms with Gasteiger partial charge in [-0.2, -0.15) is 0 Å². The van der Waals surface area contributed by atoms with Crippen LogP contribution in [0.15, 0.2) is 18.2 Å². The normalized spacial score (nSPS) is 16.9. The van der Waals surface area contributed by atoms with E-state index in [-0.39, 0.29) is 18.4 Å². The molecule has 0 aromatic heterocycles. The van der Waals surface area contributed by atoms with E-state index >= 15 is 0 Å². The molecule has 6 heteroatoms. The predicted molar refractivity (Wildman–Crippen MR) is 83.1 cm³/mol. The van der Waals surface area contributed by atoms with Gasteiger partial charge in [0.25, 0.3) is 0 Å². The van der Waals surface area contributed by atoms with E-state index in [0.29, 0.717) is 17.1 Å². The van der Waals surface area contributed by atoms with E-state index in [9.17, 15) is 9.90 Å². The molecule has 1 saturated heterocycles. The largest absolute Gasteiger partial charge is 0.497 e. The van der Waals surface area contributed by atoms with Gasteiger partial charge in [0, 0.05) is 18.5 Å². The molecule has 1 fully saturated rings. The van der Waals surface area contributed by atoms with Crippen LogP contribution < -0.4 is 20.1 Å². The molecule has 1 unspecified atom stereocenters. The number of ether oxygens (including phenoxy) is 2. The van der Waals surface area contributed by atoms with Gasteiger partial charge in [-0.1, -0.05) is 0 Å². The molecule has 3 N–H and O–H groups in total. The highest BCUT2D eigenvalue weighted by molar-refractivity contribution is 5.78. The maximum absolute atomic E-state index is 12.1. The van der Waals surface area contributed by atoms with Crippen LogP contribution in [0.25, 0.3) is 0 Å². The zero-order valence-corrected chi connectivity index (χ0v) is 13.1. The summed E-state index contributed by atoms with van der Waals surface area (Å²) in [7, 11) is 3.12. The number of hydrogen-bond donors (Lipinski definition) is 3. The molecule has 1 aromatic rings. The lowest BCUT2D eigenvalue weighted by Crippen LogP contribution is -2.39. The minimum atomic E-state index is -0.797. The number of aliphatic hydroxyl groups excluding tert-OH is 1. The second-order valence-electron chi connectivity index (χ2n) is 5.43. The molecule has 1 aliphatic rings. The highest BCUT2D eigenvalue weighted by Crippen LogP contribution is 2.26. The number of amides is 1. The Morgan fingerprint density at radius 3 is 2.41 bits per heavy atom. The highest BCUT2D eigenvalue weighted by Gasteiger charge is 2.21. The van der Waals surface area contributed by atoms with Crippen molar-refractivity contribution in [3.05, 3.63) is 23.8 Å². The first-order chi connectivity index (χ1) is 10.6. The van der Waals surface area contributed by atoms with Crippen molar-refractivity contribution in [2.75, 3.05) is 33.9 Å². The molecule has 1 aromatic carbocycles. The molecule has 22 heavy (non-hydrogen) atoms. The van der Waals surface area contributed by atoms with Crippen molar-refractivity contribution in [1.82, 2.24) is 10.6 Å². The smallest absolute Gasteiger partial charge is 0.223 e. The molecule has 0 aliphatic carbocycles. The van der Waals surface area contributed by atoms with Gasteiger partial charge in [-0.3, -0.25) is 4.79 Å². The van der Waals surface area contributed by atoms with Gasteiger partial charge in [0.15, 0.2) is 0 Å². The van der Waals surface area contributed by atoms with Gasteiger partial charge < -0.3 is 25.2 Å². The molecule has 0 spiro atoms. The molecule has 1 aliphatic heterocycles. The molecule has 6 nitrogen and oxygen atoms in total. The van der Waals surface area contributed by atoms with Crippen LogP contribution in [0, 0.1) is 5.92 Å². The number of carbonyl (C=O) groups is 1. The minimum absolute atomic E-state index is 0.00964. The Kier molecular flexibility index (Phi) is 6.03. The number of hydrogen-bond acceptors (Lipinski definition) is 5. The Hall–Kier alpha value is -1.79. The summed E-state index contributed by atoms with van der Waals surface area (Å²) in [4.78, 5) is 12.1. The quantitative estimate of drug-likeness (QED) is 0.726. The lowest BCUT2D eigenvalue weighted by atomic mass is 9.97. The van der Waals surface area contributed by atoms with Crippen LogP contribution in [0.2, 0.25) is 0 Å². The molecule has 0 radical (unpaired) electrons. The van der Waals surface area contributed by atoms with Crippen LogP contribution in [0.5, 0.6) is 11.5 Å². The summed E-state index contributed by atoms with van der Waals surface area (Å²) in [5.74, 6) is 1.26. The fourth-order valence-electron chi connectivity index (χ4n) is 2.57. The minimum Gasteiger partial charge on any atom is -0.497 e. The van der Waals surface area contributed by atoms with Crippen LogP contribution in [0.1, 0.15) is 24.5 Å². The number of aliphatic hydroxyl groups is 1. The summed E-state index contributed by atoms with van der Waals surface area (Å²) in [6, 6.07) is 5.22. The van der Waals surface area contributed by atoms with Gasteiger partial charge in [-0.05, 0) is 43.6 Å². The third-order valence-corrected chi connectivity index (χ3v) is 3.94. The number of methoxy groups -OCH3 is 2. The van der Waals surface area contributed by atoms with E-state index < -0.39 is 6.10 Å². The topological polar surface area (TPSA) is 79.8 Å². The van der Waals surface area contributed by atoms with E-state index in [1.54, 1.807) is 32.4 Å². The van der Waals surface area contributed by atoms with Gasteiger partial charge in [0.2, 0.25) is 5.91 Å². The Bertz CT molecular complexity index is 479. The number of benzene rings is 1. The number of rotatable bonds is 6. The lowest BCUT2D eigenvalue weighted by molar-refractivity contribution is -0.126. The van der Waals surface area contributed by atoms with Crippen molar-refractivity contribution >= 4 is 5.91 Å². The molecule has 2 rings (SSSR count). The molecule has 0 saturated carbocycles. The summed E-state index contributed by atoms with van der Waals surface area (Å²) in [5, 5.41) is 16.3. The second kappa shape index (κ2) is 8.00. The average Bonchev–Trinajstić information content (AvgIpc) is 2.59. The summed E-state index contributed by atoms with van der Waals surface area (Å²) in [5.41, 5.74) is 0.654. The van der Waals surface area contributed by atoms with E-state index in [2.05, 4.69) is 10.6 Å². The second-order valence-corrected chi connectivity index (χ2v) is 5.43. The molecular formula is C16H24N2O4. The molecule has 1 heterocycles. The highest BCUT2D eigenvalue weighted by atomic mass is 16.5. The number of carbonyl (C=O) groups excluding carboxylic acids is 1. The summed E-state index contributed by atoms with van der Waals surface area (Å²) in [6.45, 7) is 1.92. The van der Waals surface area contributed by atoms with Gasteiger partial charge in [0.1, 0.15) is 11.5 Å². The predicted octanol–water partition coefficient (Wildman–Crippen LogP) is 0.853. The van der Waals surface area contributed by atoms with Gasteiger partial charge in [-0.25, -0.2) is 0 Å². The summed E-state index contributed by atoms with van der Waals surface area (Å²) >= 11 is 0. The van der Waals surface area contributed by atoms with Crippen LogP contribution in [-0.2, 0) is 4.79 Å². The summed E-state index contributed by atoms with van der Waals surface area (Å²) in [6.07, 6.45) is 0.888. The first-order valence-corrected chi connectivity index (χ1v) is 7.53.